The molecule has 1 saturated carbocycles. The predicted molar refractivity (Wildman–Crippen MR) is 70.7 cm³/mol. The van der Waals surface area contributed by atoms with Crippen molar-refractivity contribution in [1.82, 2.24) is 5.32 Å². The summed E-state index contributed by atoms with van der Waals surface area (Å²) in [5.74, 6) is 0.585. The van der Waals surface area contributed by atoms with Gasteiger partial charge in [0.2, 0.25) is 0 Å². The second-order valence-electron chi connectivity index (χ2n) is 5.71. The molecule has 0 radical (unpaired) electrons. The Hall–Kier alpha value is -1.46. The highest BCUT2D eigenvalue weighted by Crippen LogP contribution is 2.41. The smallest absolute Gasteiger partial charge is 0.269 e. The molecule has 102 valence electrons. The molecule has 2 fully saturated rings. The molecular weight excluding hydrogens is 244 g/mol. The number of non-ortho nitro benzene ring substituents is 1. The third kappa shape index (κ3) is 2.24. The molecule has 1 aliphatic carbocycles. The lowest BCUT2D eigenvalue weighted by Gasteiger charge is -2.42. The Morgan fingerprint density at radius 1 is 1.42 bits per heavy atom. The van der Waals surface area contributed by atoms with Crippen LogP contribution >= 0.6 is 0 Å². The number of hydrogen-bond donors (Lipinski definition) is 1. The van der Waals surface area contributed by atoms with E-state index in [1.54, 1.807) is 12.1 Å². The van der Waals surface area contributed by atoms with Crippen LogP contribution in [0, 0.1) is 16.0 Å². The van der Waals surface area contributed by atoms with Gasteiger partial charge in [-0.3, -0.25) is 15.4 Å². The minimum atomic E-state index is -0.382. The van der Waals surface area contributed by atoms with E-state index in [-0.39, 0.29) is 22.4 Å². The highest BCUT2D eigenvalue weighted by Gasteiger charge is 2.43. The second-order valence-corrected chi connectivity index (χ2v) is 5.71. The molecule has 3 atom stereocenters. The van der Waals surface area contributed by atoms with Crippen LogP contribution in [0.2, 0.25) is 0 Å². The molecule has 19 heavy (non-hydrogen) atoms. The number of nitro groups is 1. The highest BCUT2D eigenvalue weighted by atomic mass is 16.6. The summed E-state index contributed by atoms with van der Waals surface area (Å²) in [6, 6.07) is 6.61. The lowest BCUT2D eigenvalue weighted by Crippen LogP contribution is -2.53. The summed E-state index contributed by atoms with van der Waals surface area (Å²) < 4.78 is 5.86. The van der Waals surface area contributed by atoms with Crippen LogP contribution in [0.25, 0.3) is 0 Å². The Labute approximate surface area is 112 Å². The maximum atomic E-state index is 10.6. The van der Waals surface area contributed by atoms with Gasteiger partial charge in [0, 0.05) is 23.6 Å². The third-order valence-corrected chi connectivity index (χ3v) is 4.48. The van der Waals surface area contributed by atoms with Gasteiger partial charge in [0.15, 0.2) is 0 Å². The van der Waals surface area contributed by atoms with E-state index in [1.165, 1.54) is 31.4 Å². The number of hydrogen-bond acceptors (Lipinski definition) is 4. The van der Waals surface area contributed by atoms with Crippen LogP contribution in [0.3, 0.4) is 0 Å². The lowest BCUT2D eigenvalue weighted by atomic mass is 9.87. The SMILES string of the molecule is C[C@]12CCC[C@H]1CO[C@@H](c1ccc([N+](=O)[O-])cc1)N2. The molecule has 1 aromatic rings. The van der Waals surface area contributed by atoms with Crippen molar-refractivity contribution in [3.8, 4) is 0 Å². The summed E-state index contributed by atoms with van der Waals surface area (Å²) in [6.07, 6.45) is 3.48. The van der Waals surface area contributed by atoms with E-state index < -0.39 is 0 Å². The number of nitrogens with zero attached hydrogens (tertiary/aromatic N) is 1. The van der Waals surface area contributed by atoms with Gasteiger partial charge in [-0.2, -0.15) is 0 Å². The largest absolute Gasteiger partial charge is 0.359 e. The van der Waals surface area contributed by atoms with Crippen LogP contribution in [0.4, 0.5) is 5.69 Å². The number of fused-ring (bicyclic) bond motifs is 1. The van der Waals surface area contributed by atoms with E-state index >= 15 is 0 Å². The maximum Gasteiger partial charge on any atom is 0.269 e. The van der Waals surface area contributed by atoms with Crippen molar-refractivity contribution in [3.05, 3.63) is 39.9 Å². The summed E-state index contributed by atoms with van der Waals surface area (Å²) in [4.78, 5) is 10.3. The van der Waals surface area contributed by atoms with Gasteiger partial charge in [-0.1, -0.05) is 6.42 Å². The van der Waals surface area contributed by atoms with Gasteiger partial charge in [-0.25, -0.2) is 0 Å². The van der Waals surface area contributed by atoms with Crippen LogP contribution < -0.4 is 5.32 Å². The third-order valence-electron chi connectivity index (χ3n) is 4.48. The van der Waals surface area contributed by atoms with E-state index in [0.717, 1.165) is 12.2 Å². The summed E-state index contributed by atoms with van der Waals surface area (Å²) in [5.41, 5.74) is 1.21. The summed E-state index contributed by atoms with van der Waals surface area (Å²) >= 11 is 0. The minimum absolute atomic E-state index is 0.115. The van der Waals surface area contributed by atoms with E-state index in [9.17, 15) is 10.1 Å². The zero-order valence-electron chi connectivity index (χ0n) is 11.0. The fourth-order valence-electron chi connectivity index (χ4n) is 3.20. The van der Waals surface area contributed by atoms with Gasteiger partial charge in [-0.15, -0.1) is 0 Å². The van der Waals surface area contributed by atoms with Crippen LogP contribution in [-0.4, -0.2) is 17.1 Å². The van der Waals surface area contributed by atoms with Gasteiger partial charge >= 0.3 is 0 Å². The van der Waals surface area contributed by atoms with Gasteiger partial charge in [-0.05, 0) is 37.5 Å². The summed E-state index contributed by atoms with van der Waals surface area (Å²) in [7, 11) is 0. The van der Waals surface area contributed by atoms with Crippen molar-refractivity contribution in [3.63, 3.8) is 0 Å². The fraction of sp³-hybridized carbons (Fsp3) is 0.571. The number of nitrogens with one attached hydrogen (secondary N) is 1. The number of nitro benzene ring substituents is 1. The molecule has 1 aliphatic heterocycles. The topological polar surface area (TPSA) is 64.4 Å². The van der Waals surface area contributed by atoms with Crippen LogP contribution in [0.15, 0.2) is 24.3 Å². The molecule has 1 N–H and O–H groups in total. The second kappa shape index (κ2) is 4.58. The molecule has 1 aromatic carbocycles. The molecule has 5 heteroatoms. The molecule has 1 saturated heterocycles. The van der Waals surface area contributed by atoms with E-state index in [1.807, 2.05) is 0 Å². The first-order valence-electron chi connectivity index (χ1n) is 6.72. The molecule has 3 rings (SSSR count). The first-order chi connectivity index (χ1) is 9.08. The van der Waals surface area contributed by atoms with Gasteiger partial charge in [0.1, 0.15) is 6.23 Å². The average Bonchev–Trinajstić information content (AvgIpc) is 2.79. The Morgan fingerprint density at radius 2 is 2.16 bits per heavy atom. The zero-order chi connectivity index (χ0) is 13.5. The van der Waals surface area contributed by atoms with E-state index in [0.29, 0.717) is 5.92 Å². The van der Waals surface area contributed by atoms with Crippen molar-refractivity contribution >= 4 is 5.69 Å². The Morgan fingerprint density at radius 3 is 2.84 bits per heavy atom. The predicted octanol–water partition coefficient (Wildman–Crippen LogP) is 2.77. The molecule has 0 spiro atoms. The Kier molecular flexibility index (Phi) is 3.03. The first kappa shape index (κ1) is 12.6. The van der Waals surface area contributed by atoms with Crippen LogP contribution in [0.5, 0.6) is 0 Å². The Balaban J connectivity index is 1.77. The van der Waals surface area contributed by atoms with Gasteiger partial charge in [0.25, 0.3) is 5.69 Å². The molecular formula is C14H18N2O3. The Bertz CT molecular complexity index is 488. The van der Waals surface area contributed by atoms with E-state index in [4.69, 9.17) is 4.74 Å². The van der Waals surface area contributed by atoms with Crippen molar-refractivity contribution < 1.29 is 9.66 Å². The van der Waals surface area contributed by atoms with Crippen molar-refractivity contribution in [1.29, 1.82) is 0 Å². The van der Waals surface area contributed by atoms with Crippen molar-refractivity contribution in [2.24, 2.45) is 5.92 Å². The van der Waals surface area contributed by atoms with Crippen LogP contribution in [-0.2, 0) is 4.74 Å². The molecule has 1 heterocycles. The average molecular weight is 262 g/mol. The normalized spacial score (nSPS) is 33.9. The standard InChI is InChI=1S/C14H18N2O3/c1-14-8-2-3-11(14)9-19-13(15-14)10-4-6-12(7-5-10)16(17)18/h4-7,11,13,15H,2-3,8-9H2,1H3/t11-,13-,14-/m0/s1. The van der Waals surface area contributed by atoms with Crippen molar-refractivity contribution in [2.75, 3.05) is 6.61 Å². The molecule has 0 unspecified atom stereocenters. The van der Waals surface area contributed by atoms with Gasteiger partial charge < -0.3 is 4.74 Å². The van der Waals surface area contributed by atoms with Crippen molar-refractivity contribution in [2.45, 2.75) is 38.0 Å². The molecule has 5 nitrogen and oxygen atoms in total. The summed E-state index contributed by atoms with van der Waals surface area (Å²) in [5, 5.41) is 14.2. The zero-order valence-corrected chi connectivity index (χ0v) is 11.0. The van der Waals surface area contributed by atoms with Gasteiger partial charge in [0.05, 0.1) is 11.5 Å². The van der Waals surface area contributed by atoms with E-state index in [2.05, 4.69) is 12.2 Å². The fourth-order valence-corrected chi connectivity index (χ4v) is 3.20. The highest BCUT2D eigenvalue weighted by molar-refractivity contribution is 5.34. The first-order valence-corrected chi connectivity index (χ1v) is 6.72. The molecule has 2 aliphatic rings. The molecule has 0 bridgehead atoms. The molecule has 0 amide bonds. The maximum absolute atomic E-state index is 10.6. The minimum Gasteiger partial charge on any atom is -0.359 e. The monoisotopic (exact) mass is 262 g/mol. The lowest BCUT2D eigenvalue weighted by molar-refractivity contribution is -0.384. The summed E-state index contributed by atoms with van der Waals surface area (Å²) in [6.45, 7) is 3.02. The molecule has 0 aromatic heterocycles. The number of ether oxygens (including phenoxy) is 1. The van der Waals surface area contributed by atoms with Crippen LogP contribution in [0.1, 0.15) is 38.0 Å². The number of benzene rings is 1. The number of rotatable bonds is 2. The quantitative estimate of drug-likeness (QED) is 0.657.